The molecule has 7 nitrogen and oxygen atoms in total. The van der Waals surface area contributed by atoms with Crippen LogP contribution in [-0.4, -0.2) is 67.6 Å². The third-order valence-corrected chi connectivity index (χ3v) is 3.71. The van der Waals surface area contributed by atoms with Crippen molar-refractivity contribution in [2.24, 2.45) is 0 Å². The van der Waals surface area contributed by atoms with Crippen molar-refractivity contribution in [2.75, 3.05) is 13.1 Å². The number of aliphatic hydroxyl groups is 2. The normalized spacial score (nSPS) is 32.9. The van der Waals surface area contributed by atoms with Crippen LogP contribution in [0.15, 0.2) is 0 Å². The molecule has 1 heterocycles. The van der Waals surface area contributed by atoms with Gasteiger partial charge in [0.1, 0.15) is 0 Å². The number of hydrogen-bond donors (Lipinski definition) is 4. The summed E-state index contributed by atoms with van der Waals surface area (Å²) in [5.74, 6) is -3.44. The van der Waals surface area contributed by atoms with Gasteiger partial charge in [0, 0.05) is 19.1 Å². The van der Waals surface area contributed by atoms with Crippen LogP contribution in [0.2, 0.25) is 0 Å². The average molecular weight is 261 g/mol. The molecule has 0 spiro atoms. The summed E-state index contributed by atoms with van der Waals surface area (Å²) in [5.41, 5.74) is -5.36. The van der Waals surface area contributed by atoms with E-state index < -0.39 is 36.2 Å². The van der Waals surface area contributed by atoms with Crippen LogP contribution in [0, 0.1) is 0 Å². The monoisotopic (exact) mass is 261 g/mol. The highest BCUT2D eigenvalue weighted by molar-refractivity contribution is 5.92. The van der Waals surface area contributed by atoms with Gasteiger partial charge in [0.15, 0.2) is 0 Å². The molecule has 0 radical (unpaired) electrons. The molecule has 0 bridgehead atoms. The predicted octanol–water partition coefficient (Wildman–Crippen LogP) is -0.878. The van der Waals surface area contributed by atoms with Gasteiger partial charge in [0.05, 0.1) is 0 Å². The van der Waals surface area contributed by atoms with Crippen molar-refractivity contribution in [3.8, 4) is 0 Å². The van der Waals surface area contributed by atoms with Crippen LogP contribution in [0.5, 0.6) is 0 Å². The molecule has 0 saturated carbocycles. The number of carbonyl (C=O) groups is 2. The summed E-state index contributed by atoms with van der Waals surface area (Å²) < 4.78 is 0. The van der Waals surface area contributed by atoms with E-state index in [9.17, 15) is 19.8 Å². The maximum absolute atomic E-state index is 11.1. The number of nitrogens with zero attached hydrogens (tertiary/aromatic N) is 1. The standard InChI is InChI=1S/C11H19NO6/c1-3-7(4-2)12-5-10(17,8(13)14)11(18,6-12)9(15)16/h7,17-18H,3-6H2,1-2H3,(H,13,14)(H,15,16)/t10-,11+. The third kappa shape index (κ3) is 1.98. The van der Waals surface area contributed by atoms with Crippen molar-refractivity contribution in [3.05, 3.63) is 0 Å². The third-order valence-electron chi connectivity index (χ3n) is 3.71. The molecule has 104 valence electrons. The van der Waals surface area contributed by atoms with Crippen molar-refractivity contribution in [3.63, 3.8) is 0 Å². The first-order chi connectivity index (χ1) is 8.22. The average Bonchev–Trinajstić information content (AvgIpc) is 2.56. The first-order valence-corrected chi connectivity index (χ1v) is 5.88. The van der Waals surface area contributed by atoms with Crippen LogP contribution in [-0.2, 0) is 9.59 Å². The van der Waals surface area contributed by atoms with E-state index in [-0.39, 0.29) is 6.04 Å². The maximum Gasteiger partial charge on any atom is 0.340 e. The zero-order valence-corrected chi connectivity index (χ0v) is 10.5. The Labute approximate surface area is 105 Å². The Kier molecular flexibility index (Phi) is 3.99. The summed E-state index contributed by atoms with van der Waals surface area (Å²) >= 11 is 0. The highest BCUT2D eigenvalue weighted by atomic mass is 16.5. The van der Waals surface area contributed by atoms with Crippen molar-refractivity contribution in [2.45, 2.75) is 43.9 Å². The molecule has 4 N–H and O–H groups in total. The zero-order valence-electron chi connectivity index (χ0n) is 10.5. The van der Waals surface area contributed by atoms with Gasteiger partial charge in [-0.1, -0.05) is 13.8 Å². The Morgan fingerprint density at radius 1 is 1.06 bits per heavy atom. The number of carboxylic acid groups (broad SMARTS) is 2. The van der Waals surface area contributed by atoms with Gasteiger partial charge in [-0.15, -0.1) is 0 Å². The Morgan fingerprint density at radius 2 is 1.39 bits per heavy atom. The Bertz CT molecular complexity index is 327. The van der Waals surface area contributed by atoms with Crippen LogP contribution in [0.1, 0.15) is 26.7 Å². The highest BCUT2D eigenvalue weighted by Crippen LogP contribution is 2.34. The van der Waals surface area contributed by atoms with Gasteiger partial charge < -0.3 is 20.4 Å². The lowest BCUT2D eigenvalue weighted by Crippen LogP contribution is -2.63. The van der Waals surface area contributed by atoms with Crippen LogP contribution in [0.4, 0.5) is 0 Å². The molecule has 0 unspecified atom stereocenters. The fourth-order valence-corrected chi connectivity index (χ4v) is 2.46. The van der Waals surface area contributed by atoms with E-state index in [0.29, 0.717) is 12.8 Å². The Morgan fingerprint density at radius 3 is 1.61 bits per heavy atom. The van der Waals surface area contributed by atoms with Crippen molar-refractivity contribution >= 4 is 11.9 Å². The first-order valence-electron chi connectivity index (χ1n) is 5.88. The molecule has 1 aliphatic rings. The Balaban J connectivity index is 3.12. The molecular formula is C11H19NO6. The lowest BCUT2D eigenvalue weighted by atomic mass is 9.86. The molecule has 0 aromatic carbocycles. The predicted molar refractivity (Wildman–Crippen MR) is 61.1 cm³/mol. The summed E-state index contributed by atoms with van der Waals surface area (Å²) in [6.07, 6.45) is 1.36. The van der Waals surface area contributed by atoms with Crippen LogP contribution >= 0.6 is 0 Å². The number of aliphatic carboxylic acids is 2. The molecule has 0 aromatic rings. The van der Waals surface area contributed by atoms with Gasteiger partial charge in [0.2, 0.25) is 11.2 Å². The van der Waals surface area contributed by atoms with E-state index in [2.05, 4.69) is 0 Å². The van der Waals surface area contributed by atoms with E-state index in [1.807, 2.05) is 13.8 Å². The minimum Gasteiger partial charge on any atom is -0.479 e. The van der Waals surface area contributed by atoms with Crippen molar-refractivity contribution in [1.29, 1.82) is 0 Å². The minimum absolute atomic E-state index is 0.0655. The van der Waals surface area contributed by atoms with Gasteiger partial charge in [-0.25, -0.2) is 9.59 Å². The number of likely N-dealkylation sites (tertiary alicyclic amines) is 1. The molecular weight excluding hydrogens is 242 g/mol. The fraction of sp³-hybridized carbons (Fsp3) is 0.818. The Hall–Kier alpha value is -1.18. The highest BCUT2D eigenvalue weighted by Gasteiger charge is 2.66. The molecule has 1 saturated heterocycles. The molecule has 18 heavy (non-hydrogen) atoms. The molecule has 0 aliphatic carbocycles. The maximum atomic E-state index is 11.1. The second-order valence-electron chi connectivity index (χ2n) is 4.71. The molecule has 0 aromatic heterocycles. The van der Waals surface area contributed by atoms with Gasteiger partial charge in [-0.3, -0.25) is 4.90 Å². The van der Waals surface area contributed by atoms with Crippen LogP contribution in [0.25, 0.3) is 0 Å². The van der Waals surface area contributed by atoms with E-state index in [1.54, 1.807) is 0 Å². The van der Waals surface area contributed by atoms with Crippen molar-refractivity contribution in [1.82, 2.24) is 4.90 Å². The SMILES string of the molecule is CCC(CC)N1C[C@@](O)(C(=O)O)[C@@](O)(C(=O)O)C1. The lowest BCUT2D eigenvalue weighted by Gasteiger charge is -2.28. The number of hydrogen-bond acceptors (Lipinski definition) is 5. The quantitative estimate of drug-likeness (QED) is 0.507. The number of carboxylic acids is 2. The summed E-state index contributed by atoms with van der Waals surface area (Å²) in [7, 11) is 0. The fourth-order valence-electron chi connectivity index (χ4n) is 2.46. The number of rotatable bonds is 5. The van der Waals surface area contributed by atoms with Crippen LogP contribution < -0.4 is 0 Å². The summed E-state index contributed by atoms with van der Waals surface area (Å²) in [5, 5.41) is 38.0. The smallest absolute Gasteiger partial charge is 0.340 e. The summed E-state index contributed by atoms with van der Waals surface area (Å²) in [6.45, 7) is 2.98. The first kappa shape index (κ1) is 14.9. The number of β-amino-alcohol motifs (C(OH)–C–C–N with tert-alkyl or cyclic N) is 2. The molecule has 1 aliphatic heterocycles. The van der Waals surface area contributed by atoms with E-state index in [0.717, 1.165) is 0 Å². The van der Waals surface area contributed by atoms with Gasteiger partial charge in [-0.05, 0) is 12.8 Å². The minimum atomic E-state index is -2.68. The van der Waals surface area contributed by atoms with Crippen LogP contribution in [0.3, 0.4) is 0 Å². The zero-order chi connectivity index (χ0) is 14.1. The van der Waals surface area contributed by atoms with Gasteiger partial charge >= 0.3 is 11.9 Å². The molecule has 2 atom stereocenters. The molecule has 7 heteroatoms. The van der Waals surface area contributed by atoms with E-state index >= 15 is 0 Å². The second kappa shape index (κ2) is 4.83. The molecule has 1 rings (SSSR count). The topological polar surface area (TPSA) is 118 Å². The lowest BCUT2D eigenvalue weighted by molar-refractivity contribution is -0.195. The summed E-state index contributed by atoms with van der Waals surface area (Å²) in [6, 6.07) is -0.0655. The largest absolute Gasteiger partial charge is 0.479 e. The van der Waals surface area contributed by atoms with Gasteiger partial charge in [0.25, 0.3) is 0 Å². The van der Waals surface area contributed by atoms with E-state index in [1.165, 1.54) is 4.90 Å². The van der Waals surface area contributed by atoms with E-state index in [4.69, 9.17) is 10.2 Å². The summed E-state index contributed by atoms with van der Waals surface area (Å²) in [4.78, 5) is 23.7. The van der Waals surface area contributed by atoms with Crippen molar-refractivity contribution < 1.29 is 30.0 Å². The van der Waals surface area contributed by atoms with Gasteiger partial charge in [-0.2, -0.15) is 0 Å². The second-order valence-corrected chi connectivity index (χ2v) is 4.71. The molecule has 0 amide bonds. The molecule has 1 fully saturated rings.